The van der Waals surface area contributed by atoms with E-state index in [4.69, 9.17) is 4.74 Å². The molecule has 0 aliphatic rings. The second kappa shape index (κ2) is 6.65. The zero-order valence-electron chi connectivity index (χ0n) is 11.1. The molecule has 2 rings (SSSR count). The number of aryl methyl sites for hydroxylation is 1. The topological polar surface area (TPSA) is 51.2 Å². The molecule has 0 aliphatic heterocycles. The molecule has 2 aromatic rings. The molecule has 0 saturated heterocycles. The highest BCUT2D eigenvalue weighted by molar-refractivity contribution is 5.89. The lowest BCUT2D eigenvalue weighted by atomic mass is 10.1. The van der Waals surface area contributed by atoms with Crippen LogP contribution in [-0.4, -0.2) is 18.0 Å². The van der Waals surface area contributed by atoms with Crippen LogP contribution in [0.4, 0.5) is 10.2 Å². The van der Waals surface area contributed by atoms with Gasteiger partial charge in [-0.2, -0.15) is 4.39 Å². The van der Waals surface area contributed by atoms with E-state index in [1.807, 2.05) is 24.3 Å². The second-order valence-corrected chi connectivity index (χ2v) is 4.24. The molecule has 1 amide bonds. The number of nitrogens with zero attached hydrogens (tertiary/aromatic N) is 1. The number of pyridine rings is 1. The third kappa shape index (κ3) is 4.05. The van der Waals surface area contributed by atoms with E-state index < -0.39 is 5.95 Å². The van der Waals surface area contributed by atoms with Gasteiger partial charge in [-0.3, -0.25) is 4.79 Å². The lowest BCUT2D eigenvalue weighted by molar-refractivity contribution is -0.116. The van der Waals surface area contributed by atoms with Crippen molar-refractivity contribution < 1.29 is 13.9 Å². The number of benzene rings is 1. The number of carbonyl (C=O) groups excluding carboxylic acids is 1. The van der Waals surface area contributed by atoms with Gasteiger partial charge in [-0.1, -0.05) is 18.2 Å². The summed E-state index contributed by atoms with van der Waals surface area (Å²) in [5, 5.41) is 2.56. The van der Waals surface area contributed by atoms with Crippen LogP contribution in [0, 0.1) is 5.95 Å². The Balaban J connectivity index is 1.85. The van der Waals surface area contributed by atoms with Crippen molar-refractivity contribution in [3.8, 4) is 5.75 Å². The van der Waals surface area contributed by atoms with Crippen LogP contribution in [0.15, 0.2) is 42.5 Å². The maximum absolute atomic E-state index is 12.9. The van der Waals surface area contributed by atoms with Gasteiger partial charge in [0.1, 0.15) is 11.6 Å². The Bertz CT molecular complexity index is 585. The van der Waals surface area contributed by atoms with Gasteiger partial charge < -0.3 is 10.1 Å². The first-order valence-corrected chi connectivity index (χ1v) is 6.23. The molecule has 0 spiro atoms. The molecule has 1 heterocycles. The van der Waals surface area contributed by atoms with Gasteiger partial charge in [-0.15, -0.1) is 0 Å². The number of anilines is 1. The molecule has 0 bridgehead atoms. The first-order valence-electron chi connectivity index (χ1n) is 6.23. The Morgan fingerprint density at radius 3 is 2.65 bits per heavy atom. The summed E-state index contributed by atoms with van der Waals surface area (Å²) >= 11 is 0. The standard InChI is InChI=1S/C15H15FN2O2/c1-20-12-8-5-11(6-9-12)7-10-15(19)18-14-4-2-3-13(16)17-14/h2-6,8-9H,7,10H2,1H3,(H,17,18,19). The Hall–Kier alpha value is -2.43. The third-order valence-electron chi connectivity index (χ3n) is 2.78. The number of rotatable bonds is 5. The summed E-state index contributed by atoms with van der Waals surface area (Å²) in [4.78, 5) is 15.3. The predicted octanol–water partition coefficient (Wildman–Crippen LogP) is 2.80. The van der Waals surface area contributed by atoms with Gasteiger partial charge in [-0.25, -0.2) is 4.98 Å². The summed E-state index contributed by atoms with van der Waals surface area (Å²) in [6.07, 6.45) is 0.912. The minimum Gasteiger partial charge on any atom is -0.497 e. The number of halogens is 1. The van der Waals surface area contributed by atoms with Crippen LogP contribution in [0.1, 0.15) is 12.0 Å². The first kappa shape index (κ1) is 14.0. The van der Waals surface area contributed by atoms with E-state index in [1.165, 1.54) is 12.1 Å². The van der Waals surface area contributed by atoms with Gasteiger partial charge in [0.25, 0.3) is 0 Å². The summed E-state index contributed by atoms with van der Waals surface area (Å²) in [5.41, 5.74) is 1.04. The van der Waals surface area contributed by atoms with Crippen LogP contribution in [0.3, 0.4) is 0 Å². The van der Waals surface area contributed by atoms with Crippen molar-refractivity contribution in [3.05, 3.63) is 54.0 Å². The molecule has 5 heteroatoms. The van der Waals surface area contributed by atoms with E-state index in [0.29, 0.717) is 12.8 Å². The Morgan fingerprint density at radius 2 is 2.00 bits per heavy atom. The van der Waals surface area contributed by atoms with Crippen LogP contribution in [0.25, 0.3) is 0 Å². The molecule has 1 aromatic carbocycles. The third-order valence-corrected chi connectivity index (χ3v) is 2.78. The van der Waals surface area contributed by atoms with E-state index >= 15 is 0 Å². The predicted molar refractivity (Wildman–Crippen MR) is 74.1 cm³/mol. The molecule has 0 saturated carbocycles. The summed E-state index contributed by atoms with van der Waals surface area (Å²) in [6, 6.07) is 11.8. The van der Waals surface area contributed by atoms with Crippen molar-refractivity contribution in [2.45, 2.75) is 12.8 Å². The fourth-order valence-electron chi connectivity index (χ4n) is 1.73. The van der Waals surface area contributed by atoms with Crippen molar-refractivity contribution >= 4 is 11.7 Å². The summed E-state index contributed by atoms with van der Waals surface area (Å²) in [5.74, 6) is 0.198. The molecule has 0 unspecified atom stereocenters. The Morgan fingerprint density at radius 1 is 1.25 bits per heavy atom. The highest BCUT2D eigenvalue weighted by Crippen LogP contribution is 2.13. The molecule has 1 N–H and O–H groups in total. The number of aromatic nitrogens is 1. The molecular weight excluding hydrogens is 259 g/mol. The van der Waals surface area contributed by atoms with Crippen molar-refractivity contribution in [3.63, 3.8) is 0 Å². The minimum absolute atomic E-state index is 0.195. The molecule has 0 fully saturated rings. The number of ether oxygens (including phenoxy) is 1. The number of amides is 1. The van der Waals surface area contributed by atoms with E-state index in [1.54, 1.807) is 13.2 Å². The van der Waals surface area contributed by atoms with E-state index in [0.717, 1.165) is 11.3 Å². The number of methoxy groups -OCH3 is 1. The lowest BCUT2D eigenvalue weighted by Crippen LogP contribution is -2.13. The largest absolute Gasteiger partial charge is 0.497 e. The quantitative estimate of drug-likeness (QED) is 0.853. The van der Waals surface area contributed by atoms with E-state index in [-0.39, 0.29) is 11.7 Å². The number of nitrogens with one attached hydrogen (secondary N) is 1. The fraction of sp³-hybridized carbons (Fsp3) is 0.200. The SMILES string of the molecule is COc1ccc(CCC(=O)Nc2cccc(F)n2)cc1. The molecular formula is C15H15FN2O2. The second-order valence-electron chi connectivity index (χ2n) is 4.24. The number of hydrogen-bond donors (Lipinski definition) is 1. The van der Waals surface area contributed by atoms with Gasteiger partial charge in [0.2, 0.25) is 11.9 Å². The number of carbonyl (C=O) groups is 1. The van der Waals surface area contributed by atoms with Crippen molar-refractivity contribution in [1.82, 2.24) is 4.98 Å². The first-order chi connectivity index (χ1) is 9.67. The van der Waals surface area contributed by atoms with Crippen LogP contribution < -0.4 is 10.1 Å². The van der Waals surface area contributed by atoms with E-state index in [2.05, 4.69) is 10.3 Å². The van der Waals surface area contributed by atoms with Gasteiger partial charge in [-0.05, 0) is 36.2 Å². The zero-order chi connectivity index (χ0) is 14.4. The molecule has 0 aliphatic carbocycles. The Labute approximate surface area is 116 Å². The zero-order valence-corrected chi connectivity index (χ0v) is 11.1. The van der Waals surface area contributed by atoms with Crippen LogP contribution in [-0.2, 0) is 11.2 Å². The van der Waals surface area contributed by atoms with Gasteiger partial charge in [0.15, 0.2) is 0 Å². The molecule has 1 aromatic heterocycles. The highest BCUT2D eigenvalue weighted by Gasteiger charge is 2.05. The van der Waals surface area contributed by atoms with Crippen LogP contribution >= 0.6 is 0 Å². The van der Waals surface area contributed by atoms with Crippen LogP contribution in [0.2, 0.25) is 0 Å². The number of hydrogen-bond acceptors (Lipinski definition) is 3. The maximum atomic E-state index is 12.9. The molecule has 104 valence electrons. The van der Waals surface area contributed by atoms with Gasteiger partial charge >= 0.3 is 0 Å². The summed E-state index contributed by atoms with van der Waals surface area (Å²) in [6.45, 7) is 0. The monoisotopic (exact) mass is 274 g/mol. The minimum atomic E-state index is -0.613. The average Bonchev–Trinajstić information content (AvgIpc) is 2.46. The van der Waals surface area contributed by atoms with Crippen molar-refractivity contribution in [2.24, 2.45) is 0 Å². The smallest absolute Gasteiger partial charge is 0.225 e. The normalized spacial score (nSPS) is 10.1. The van der Waals surface area contributed by atoms with Gasteiger partial charge in [0, 0.05) is 6.42 Å². The maximum Gasteiger partial charge on any atom is 0.225 e. The molecule has 0 atom stereocenters. The average molecular weight is 274 g/mol. The Kier molecular flexibility index (Phi) is 4.65. The lowest BCUT2D eigenvalue weighted by Gasteiger charge is -2.05. The molecule has 0 radical (unpaired) electrons. The fourth-order valence-corrected chi connectivity index (χ4v) is 1.73. The summed E-state index contributed by atoms with van der Waals surface area (Å²) < 4.78 is 17.9. The van der Waals surface area contributed by atoms with Crippen LogP contribution in [0.5, 0.6) is 5.75 Å². The molecule has 20 heavy (non-hydrogen) atoms. The summed E-state index contributed by atoms with van der Waals surface area (Å²) in [7, 11) is 1.61. The van der Waals surface area contributed by atoms with Crippen molar-refractivity contribution in [2.75, 3.05) is 12.4 Å². The van der Waals surface area contributed by atoms with Gasteiger partial charge in [0.05, 0.1) is 7.11 Å². The van der Waals surface area contributed by atoms with Crippen molar-refractivity contribution in [1.29, 1.82) is 0 Å². The van der Waals surface area contributed by atoms with E-state index in [9.17, 15) is 9.18 Å². The molecule has 4 nitrogen and oxygen atoms in total. The highest BCUT2D eigenvalue weighted by atomic mass is 19.1.